The van der Waals surface area contributed by atoms with Gasteiger partial charge in [0.05, 0.1) is 14.2 Å². The number of carbonyl (C=O) groups excluding carboxylic acids is 2. The maximum absolute atomic E-state index is 12.2. The van der Waals surface area contributed by atoms with E-state index >= 15 is 0 Å². The van der Waals surface area contributed by atoms with Crippen LogP contribution < -0.4 is 9.47 Å². The van der Waals surface area contributed by atoms with Crippen molar-refractivity contribution in [2.24, 2.45) is 0 Å². The summed E-state index contributed by atoms with van der Waals surface area (Å²) in [6.45, 7) is 0. The van der Waals surface area contributed by atoms with E-state index in [2.05, 4.69) is 0 Å². The molecule has 22 heavy (non-hydrogen) atoms. The molecule has 0 amide bonds. The summed E-state index contributed by atoms with van der Waals surface area (Å²) < 4.78 is 10.3. The second kappa shape index (κ2) is 7.22. The van der Waals surface area contributed by atoms with Gasteiger partial charge in [0.15, 0.2) is 17.3 Å². The van der Waals surface area contributed by atoms with Crippen molar-refractivity contribution in [2.45, 2.75) is 0 Å². The number of allylic oxidation sites excluding steroid dienone is 1. The van der Waals surface area contributed by atoms with Gasteiger partial charge < -0.3 is 9.47 Å². The lowest BCUT2D eigenvalue weighted by molar-refractivity contribution is 0.104. The Labute approximate surface area is 129 Å². The third kappa shape index (κ3) is 3.61. The Morgan fingerprint density at radius 2 is 1.55 bits per heavy atom. The minimum absolute atomic E-state index is 0.139. The average molecular weight is 296 g/mol. The molecular weight excluding hydrogens is 280 g/mol. The lowest BCUT2D eigenvalue weighted by Gasteiger charge is -2.07. The number of hydrogen-bond acceptors (Lipinski definition) is 4. The highest BCUT2D eigenvalue weighted by Crippen LogP contribution is 2.27. The first-order valence-corrected chi connectivity index (χ1v) is 6.67. The van der Waals surface area contributed by atoms with Crippen LogP contribution in [0.3, 0.4) is 0 Å². The Hall–Kier alpha value is -2.88. The SMILES string of the molecule is COc1ccc(C(=O)C=Cc2ccc(C=O)cc2)cc1OC. The first-order valence-electron chi connectivity index (χ1n) is 6.67. The van der Waals surface area contributed by atoms with Crippen LogP contribution in [0.4, 0.5) is 0 Å². The molecule has 0 atom stereocenters. The number of benzene rings is 2. The Morgan fingerprint density at radius 3 is 2.14 bits per heavy atom. The van der Waals surface area contributed by atoms with Gasteiger partial charge in [0.25, 0.3) is 0 Å². The minimum Gasteiger partial charge on any atom is -0.493 e. The molecule has 2 aromatic rings. The van der Waals surface area contributed by atoms with Gasteiger partial charge in [-0.3, -0.25) is 9.59 Å². The predicted molar refractivity (Wildman–Crippen MR) is 84.7 cm³/mol. The lowest BCUT2D eigenvalue weighted by Crippen LogP contribution is -1.97. The molecule has 0 fully saturated rings. The van der Waals surface area contributed by atoms with Crippen LogP contribution in [0.1, 0.15) is 26.3 Å². The fraction of sp³-hybridized carbons (Fsp3) is 0.111. The van der Waals surface area contributed by atoms with Crippen molar-refractivity contribution >= 4 is 18.1 Å². The fourth-order valence-electron chi connectivity index (χ4n) is 1.94. The number of carbonyl (C=O) groups is 2. The zero-order valence-corrected chi connectivity index (χ0v) is 12.4. The van der Waals surface area contributed by atoms with Crippen LogP contribution in [0.5, 0.6) is 11.5 Å². The van der Waals surface area contributed by atoms with Crippen molar-refractivity contribution in [3.8, 4) is 11.5 Å². The van der Waals surface area contributed by atoms with Crippen molar-refractivity contribution in [3.63, 3.8) is 0 Å². The summed E-state index contributed by atoms with van der Waals surface area (Å²) in [7, 11) is 3.07. The van der Waals surface area contributed by atoms with Crippen LogP contribution in [0.2, 0.25) is 0 Å². The third-order valence-electron chi connectivity index (χ3n) is 3.17. The van der Waals surface area contributed by atoms with E-state index in [9.17, 15) is 9.59 Å². The van der Waals surface area contributed by atoms with Crippen LogP contribution in [0, 0.1) is 0 Å². The maximum atomic E-state index is 12.2. The summed E-state index contributed by atoms with van der Waals surface area (Å²) >= 11 is 0. The number of hydrogen-bond donors (Lipinski definition) is 0. The molecule has 0 N–H and O–H groups in total. The summed E-state index contributed by atoms with van der Waals surface area (Å²) in [5.41, 5.74) is 1.96. The fourth-order valence-corrected chi connectivity index (χ4v) is 1.94. The summed E-state index contributed by atoms with van der Waals surface area (Å²) in [4.78, 5) is 22.8. The molecule has 0 radical (unpaired) electrons. The molecule has 2 aromatic carbocycles. The molecule has 4 nitrogen and oxygen atoms in total. The van der Waals surface area contributed by atoms with E-state index in [0.717, 1.165) is 11.8 Å². The second-order valence-electron chi connectivity index (χ2n) is 4.55. The van der Waals surface area contributed by atoms with E-state index in [0.29, 0.717) is 22.6 Å². The van der Waals surface area contributed by atoms with E-state index in [1.807, 2.05) is 0 Å². The van der Waals surface area contributed by atoms with Gasteiger partial charge in [0.2, 0.25) is 0 Å². The molecule has 0 aliphatic carbocycles. The molecule has 0 heterocycles. The number of ketones is 1. The second-order valence-corrected chi connectivity index (χ2v) is 4.55. The first kappa shape index (κ1) is 15.5. The molecule has 0 saturated carbocycles. The predicted octanol–water partition coefficient (Wildman–Crippen LogP) is 3.41. The van der Waals surface area contributed by atoms with Gasteiger partial charge in [0, 0.05) is 11.1 Å². The molecule has 0 unspecified atom stereocenters. The molecule has 0 spiro atoms. The van der Waals surface area contributed by atoms with E-state index in [-0.39, 0.29) is 5.78 Å². The van der Waals surface area contributed by atoms with Crippen molar-refractivity contribution in [2.75, 3.05) is 14.2 Å². The molecule has 0 aromatic heterocycles. The van der Waals surface area contributed by atoms with Crippen molar-refractivity contribution in [3.05, 3.63) is 65.2 Å². The summed E-state index contributed by atoms with van der Waals surface area (Å²) in [6.07, 6.45) is 3.97. The van der Waals surface area contributed by atoms with Crippen LogP contribution in [0.15, 0.2) is 48.5 Å². The Morgan fingerprint density at radius 1 is 0.909 bits per heavy atom. The smallest absolute Gasteiger partial charge is 0.185 e. The summed E-state index contributed by atoms with van der Waals surface area (Å²) in [6, 6.07) is 12.0. The molecule has 4 heteroatoms. The van der Waals surface area contributed by atoms with Crippen molar-refractivity contribution in [1.82, 2.24) is 0 Å². The van der Waals surface area contributed by atoms with Crippen LogP contribution in [0.25, 0.3) is 6.08 Å². The zero-order valence-electron chi connectivity index (χ0n) is 12.4. The van der Waals surface area contributed by atoms with E-state index in [1.54, 1.807) is 55.7 Å². The van der Waals surface area contributed by atoms with Gasteiger partial charge in [0.1, 0.15) is 6.29 Å². The Balaban J connectivity index is 2.17. The monoisotopic (exact) mass is 296 g/mol. The summed E-state index contributed by atoms with van der Waals surface area (Å²) in [5, 5.41) is 0. The first-order chi connectivity index (χ1) is 10.7. The summed E-state index contributed by atoms with van der Waals surface area (Å²) in [5.74, 6) is 0.949. The highest BCUT2D eigenvalue weighted by molar-refractivity contribution is 6.07. The van der Waals surface area contributed by atoms with Gasteiger partial charge in [-0.25, -0.2) is 0 Å². The van der Waals surface area contributed by atoms with E-state index in [4.69, 9.17) is 9.47 Å². The van der Waals surface area contributed by atoms with Crippen molar-refractivity contribution < 1.29 is 19.1 Å². The number of rotatable bonds is 6. The Bertz CT molecular complexity index is 700. The normalized spacial score (nSPS) is 10.5. The zero-order chi connectivity index (χ0) is 15.9. The number of methoxy groups -OCH3 is 2. The van der Waals surface area contributed by atoms with Crippen LogP contribution in [-0.2, 0) is 0 Å². The molecule has 0 aliphatic heterocycles. The Kier molecular flexibility index (Phi) is 5.09. The van der Waals surface area contributed by atoms with Gasteiger partial charge >= 0.3 is 0 Å². The van der Waals surface area contributed by atoms with E-state index in [1.165, 1.54) is 13.2 Å². The molecule has 0 aliphatic rings. The molecule has 2 rings (SSSR count). The van der Waals surface area contributed by atoms with Gasteiger partial charge in [-0.1, -0.05) is 30.3 Å². The molecular formula is C18H16O4. The lowest BCUT2D eigenvalue weighted by atomic mass is 10.1. The average Bonchev–Trinajstić information content (AvgIpc) is 2.59. The number of aldehydes is 1. The van der Waals surface area contributed by atoms with Crippen LogP contribution in [-0.4, -0.2) is 26.3 Å². The maximum Gasteiger partial charge on any atom is 0.185 e. The highest BCUT2D eigenvalue weighted by Gasteiger charge is 2.08. The largest absolute Gasteiger partial charge is 0.493 e. The van der Waals surface area contributed by atoms with Gasteiger partial charge in [-0.05, 0) is 29.8 Å². The van der Waals surface area contributed by atoms with Gasteiger partial charge in [-0.15, -0.1) is 0 Å². The highest BCUT2D eigenvalue weighted by atomic mass is 16.5. The molecule has 0 saturated heterocycles. The standard InChI is InChI=1S/C18H16O4/c1-21-17-10-8-15(11-18(17)22-2)16(20)9-7-13-3-5-14(12-19)6-4-13/h3-12H,1-2H3. The van der Waals surface area contributed by atoms with Crippen molar-refractivity contribution in [1.29, 1.82) is 0 Å². The van der Waals surface area contributed by atoms with E-state index < -0.39 is 0 Å². The van der Waals surface area contributed by atoms with Crippen LogP contribution >= 0.6 is 0 Å². The molecule has 112 valence electrons. The quantitative estimate of drug-likeness (QED) is 0.465. The molecule has 0 bridgehead atoms. The topological polar surface area (TPSA) is 52.6 Å². The van der Waals surface area contributed by atoms with Gasteiger partial charge in [-0.2, -0.15) is 0 Å². The third-order valence-corrected chi connectivity index (χ3v) is 3.17. The number of ether oxygens (including phenoxy) is 2. The minimum atomic E-state index is -0.139.